The molecule has 112 valence electrons. The quantitative estimate of drug-likeness (QED) is 0.797. The van der Waals surface area contributed by atoms with Gasteiger partial charge in [0.1, 0.15) is 5.82 Å². The van der Waals surface area contributed by atoms with Crippen molar-refractivity contribution in [2.75, 3.05) is 18.5 Å². The number of hydrogen-bond acceptors (Lipinski definition) is 4. The summed E-state index contributed by atoms with van der Waals surface area (Å²) in [6.07, 6.45) is 6.59. The van der Waals surface area contributed by atoms with Crippen LogP contribution in [0.1, 0.15) is 24.5 Å². The van der Waals surface area contributed by atoms with Crippen LogP contribution in [0, 0.1) is 0 Å². The summed E-state index contributed by atoms with van der Waals surface area (Å²) in [5.74, 6) is 0.799. The molecule has 0 fully saturated rings. The average molecular weight is 305 g/mol. The Kier molecular flexibility index (Phi) is 5.96. The third-order valence-electron chi connectivity index (χ3n) is 3.16. The van der Waals surface area contributed by atoms with Gasteiger partial charge >= 0.3 is 0 Å². The first-order valence-corrected chi connectivity index (χ1v) is 7.53. The number of hydrogen-bond donors (Lipinski definition) is 1. The van der Waals surface area contributed by atoms with E-state index in [1.54, 1.807) is 12.4 Å². The highest BCUT2D eigenvalue weighted by molar-refractivity contribution is 6.33. The lowest BCUT2D eigenvalue weighted by atomic mass is 10.2. The minimum absolute atomic E-state index is 0.683. The molecular weight excluding hydrogens is 284 g/mol. The number of aromatic nitrogens is 2. The van der Waals surface area contributed by atoms with Crippen LogP contribution in [0.2, 0.25) is 5.02 Å². The molecule has 0 radical (unpaired) electrons. The Bertz CT molecular complexity index is 559. The highest BCUT2D eigenvalue weighted by atomic mass is 35.5. The van der Waals surface area contributed by atoms with E-state index in [0.29, 0.717) is 5.02 Å². The minimum atomic E-state index is 0.683. The zero-order chi connectivity index (χ0) is 15.1. The average Bonchev–Trinajstić information content (AvgIpc) is 2.48. The molecule has 0 aliphatic rings. The fourth-order valence-electron chi connectivity index (χ4n) is 2.09. The lowest BCUT2D eigenvalue weighted by Gasteiger charge is -2.19. The second-order valence-electron chi connectivity index (χ2n) is 5.04. The van der Waals surface area contributed by atoms with E-state index in [4.69, 9.17) is 11.6 Å². The van der Waals surface area contributed by atoms with Crippen LogP contribution in [-0.4, -0.2) is 23.6 Å². The van der Waals surface area contributed by atoms with E-state index in [1.165, 1.54) is 5.56 Å². The van der Waals surface area contributed by atoms with Gasteiger partial charge in [-0.25, -0.2) is 4.98 Å². The summed E-state index contributed by atoms with van der Waals surface area (Å²) < 4.78 is 0. The lowest BCUT2D eigenvalue weighted by molar-refractivity contribution is 0.674. The van der Waals surface area contributed by atoms with Crippen molar-refractivity contribution < 1.29 is 0 Å². The van der Waals surface area contributed by atoms with Crippen LogP contribution in [0.25, 0.3) is 0 Å². The van der Waals surface area contributed by atoms with Gasteiger partial charge in [-0.3, -0.25) is 4.98 Å². The molecular formula is C16H21ClN4. The van der Waals surface area contributed by atoms with Crippen molar-refractivity contribution in [1.29, 1.82) is 0 Å². The van der Waals surface area contributed by atoms with E-state index in [0.717, 1.165) is 37.4 Å². The maximum Gasteiger partial charge on any atom is 0.147 e. The fourth-order valence-corrected chi connectivity index (χ4v) is 2.43. The maximum atomic E-state index is 6.36. The van der Waals surface area contributed by atoms with E-state index in [9.17, 15) is 0 Å². The monoisotopic (exact) mass is 304 g/mol. The summed E-state index contributed by atoms with van der Waals surface area (Å²) in [6, 6.07) is 5.97. The molecule has 2 heterocycles. The number of pyridine rings is 2. The highest BCUT2D eigenvalue weighted by Gasteiger charge is 2.09. The van der Waals surface area contributed by atoms with Crippen LogP contribution in [0.15, 0.2) is 36.8 Å². The van der Waals surface area contributed by atoms with Gasteiger partial charge in [0.05, 0.1) is 5.02 Å². The molecule has 2 aromatic rings. The SMILES string of the molecule is CCCNCc1cnc(N(C)Cc2ccncc2)c(Cl)c1. The molecule has 5 heteroatoms. The van der Waals surface area contributed by atoms with Crippen LogP contribution in [0.5, 0.6) is 0 Å². The number of rotatable bonds is 7. The van der Waals surface area contributed by atoms with Crippen molar-refractivity contribution >= 4 is 17.4 Å². The first-order chi connectivity index (χ1) is 10.2. The van der Waals surface area contributed by atoms with E-state index >= 15 is 0 Å². The van der Waals surface area contributed by atoms with Gasteiger partial charge in [-0.05, 0) is 42.3 Å². The number of nitrogens with zero attached hydrogens (tertiary/aromatic N) is 3. The topological polar surface area (TPSA) is 41.1 Å². The number of nitrogens with one attached hydrogen (secondary N) is 1. The Hall–Kier alpha value is -1.65. The van der Waals surface area contributed by atoms with Crippen molar-refractivity contribution in [3.05, 3.63) is 52.9 Å². The largest absolute Gasteiger partial charge is 0.354 e. The predicted octanol–water partition coefficient (Wildman–Crippen LogP) is 3.27. The van der Waals surface area contributed by atoms with Gasteiger partial charge in [0.2, 0.25) is 0 Å². The fraction of sp³-hybridized carbons (Fsp3) is 0.375. The molecule has 0 unspecified atom stereocenters. The van der Waals surface area contributed by atoms with E-state index in [1.807, 2.05) is 36.3 Å². The summed E-state index contributed by atoms with van der Waals surface area (Å²) in [4.78, 5) is 10.6. The van der Waals surface area contributed by atoms with Crippen LogP contribution >= 0.6 is 11.6 Å². The number of anilines is 1. The van der Waals surface area contributed by atoms with Crippen LogP contribution < -0.4 is 10.2 Å². The summed E-state index contributed by atoms with van der Waals surface area (Å²) in [5.41, 5.74) is 2.29. The molecule has 2 rings (SSSR count). The van der Waals surface area contributed by atoms with Crippen molar-refractivity contribution in [3.63, 3.8) is 0 Å². The minimum Gasteiger partial charge on any atom is -0.354 e. The normalized spacial score (nSPS) is 10.6. The summed E-state index contributed by atoms with van der Waals surface area (Å²) in [7, 11) is 1.99. The molecule has 2 aromatic heterocycles. The second-order valence-corrected chi connectivity index (χ2v) is 5.44. The highest BCUT2D eigenvalue weighted by Crippen LogP contribution is 2.24. The van der Waals surface area contributed by atoms with E-state index in [-0.39, 0.29) is 0 Å². The molecule has 0 bridgehead atoms. The predicted molar refractivity (Wildman–Crippen MR) is 87.6 cm³/mol. The molecule has 21 heavy (non-hydrogen) atoms. The zero-order valence-corrected chi connectivity index (χ0v) is 13.3. The van der Waals surface area contributed by atoms with Gasteiger partial charge in [-0.1, -0.05) is 18.5 Å². The zero-order valence-electron chi connectivity index (χ0n) is 12.5. The Morgan fingerprint density at radius 2 is 2.00 bits per heavy atom. The van der Waals surface area contributed by atoms with Crippen molar-refractivity contribution in [2.45, 2.75) is 26.4 Å². The Morgan fingerprint density at radius 3 is 2.67 bits per heavy atom. The molecule has 0 amide bonds. The Morgan fingerprint density at radius 1 is 1.24 bits per heavy atom. The standard InChI is InChI=1S/C16H21ClN4/c1-3-6-19-10-14-9-15(17)16(20-11-14)21(2)12-13-4-7-18-8-5-13/h4-5,7-9,11,19H,3,6,10,12H2,1-2H3. The smallest absolute Gasteiger partial charge is 0.147 e. The van der Waals surface area contributed by atoms with E-state index < -0.39 is 0 Å². The molecule has 1 N–H and O–H groups in total. The summed E-state index contributed by atoms with van der Waals surface area (Å²) in [6.45, 7) is 4.70. The lowest BCUT2D eigenvalue weighted by Crippen LogP contribution is -2.19. The van der Waals surface area contributed by atoms with Crippen molar-refractivity contribution in [3.8, 4) is 0 Å². The maximum absolute atomic E-state index is 6.36. The van der Waals surface area contributed by atoms with Gasteiger partial charge in [-0.2, -0.15) is 0 Å². The summed E-state index contributed by atoms with van der Waals surface area (Å²) >= 11 is 6.36. The second kappa shape index (κ2) is 7.96. The molecule has 0 aliphatic heterocycles. The van der Waals surface area contributed by atoms with Gasteiger partial charge in [0.25, 0.3) is 0 Å². The third kappa shape index (κ3) is 4.69. The van der Waals surface area contributed by atoms with Gasteiger partial charge in [0, 0.05) is 38.7 Å². The molecule has 0 saturated carbocycles. The van der Waals surface area contributed by atoms with Crippen molar-refractivity contribution in [1.82, 2.24) is 15.3 Å². The third-order valence-corrected chi connectivity index (χ3v) is 3.44. The van der Waals surface area contributed by atoms with Gasteiger partial charge in [-0.15, -0.1) is 0 Å². The molecule has 0 atom stereocenters. The van der Waals surface area contributed by atoms with Crippen LogP contribution in [0.4, 0.5) is 5.82 Å². The number of halogens is 1. The van der Waals surface area contributed by atoms with Gasteiger partial charge < -0.3 is 10.2 Å². The van der Waals surface area contributed by atoms with Crippen molar-refractivity contribution in [2.24, 2.45) is 0 Å². The first-order valence-electron chi connectivity index (χ1n) is 7.16. The van der Waals surface area contributed by atoms with Crippen LogP contribution in [-0.2, 0) is 13.1 Å². The molecule has 0 aromatic carbocycles. The Balaban J connectivity index is 2.02. The van der Waals surface area contributed by atoms with Gasteiger partial charge in [0.15, 0.2) is 0 Å². The molecule has 0 aliphatic carbocycles. The molecule has 0 saturated heterocycles. The Labute approximate surface area is 131 Å². The first kappa shape index (κ1) is 15.7. The van der Waals surface area contributed by atoms with E-state index in [2.05, 4.69) is 22.2 Å². The molecule has 0 spiro atoms. The molecule has 4 nitrogen and oxygen atoms in total. The van der Waals surface area contributed by atoms with Crippen LogP contribution in [0.3, 0.4) is 0 Å². The summed E-state index contributed by atoms with van der Waals surface area (Å²) in [5, 5.41) is 4.03.